The highest BCUT2D eigenvalue weighted by molar-refractivity contribution is 5.46. The van der Waals surface area contributed by atoms with Crippen LogP contribution in [0.5, 0.6) is 0 Å². The Morgan fingerprint density at radius 2 is 1.95 bits per heavy atom. The summed E-state index contributed by atoms with van der Waals surface area (Å²) in [5.41, 5.74) is 3.12. The fourth-order valence-corrected chi connectivity index (χ4v) is 2.12. The lowest BCUT2D eigenvalue weighted by atomic mass is 10.1. The third-order valence-electron chi connectivity index (χ3n) is 3.30. The summed E-state index contributed by atoms with van der Waals surface area (Å²) in [7, 11) is 0. The zero-order chi connectivity index (χ0) is 15.2. The Bertz CT molecular complexity index is 613. The van der Waals surface area contributed by atoms with Crippen LogP contribution >= 0.6 is 0 Å². The van der Waals surface area contributed by atoms with E-state index < -0.39 is 0 Å². The largest absolute Gasteiger partial charge is 0.369 e. The van der Waals surface area contributed by atoms with Crippen LogP contribution in [0, 0.1) is 19.7 Å². The number of benzene rings is 1. The summed E-state index contributed by atoms with van der Waals surface area (Å²) in [5.74, 6) is 1.27. The van der Waals surface area contributed by atoms with Crippen molar-refractivity contribution in [2.24, 2.45) is 0 Å². The van der Waals surface area contributed by atoms with Gasteiger partial charge in [0.15, 0.2) is 0 Å². The van der Waals surface area contributed by atoms with Crippen LogP contribution in [0.4, 0.5) is 16.2 Å². The molecule has 112 valence electrons. The number of anilines is 2. The van der Waals surface area contributed by atoms with Crippen molar-refractivity contribution in [3.63, 3.8) is 0 Å². The average molecular weight is 288 g/mol. The van der Waals surface area contributed by atoms with Gasteiger partial charge in [-0.1, -0.05) is 6.07 Å². The molecule has 0 aliphatic heterocycles. The molecule has 1 aromatic carbocycles. The summed E-state index contributed by atoms with van der Waals surface area (Å²) >= 11 is 0. The predicted molar refractivity (Wildman–Crippen MR) is 84.3 cm³/mol. The van der Waals surface area contributed by atoms with E-state index >= 15 is 0 Å². The lowest BCUT2D eigenvalue weighted by Gasteiger charge is -2.11. The van der Waals surface area contributed by atoms with Gasteiger partial charge in [-0.2, -0.15) is 4.98 Å². The molecule has 2 aromatic rings. The third-order valence-corrected chi connectivity index (χ3v) is 3.30. The molecule has 0 radical (unpaired) electrons. The molecule has 0 fully saturated rings. The maximum atomic E-state index is 13.1. The molecule has 1 heterocycles. The van der Waals surface area contributed by atoms with Crippen molar-refractivity contribution in [1.29, 1.82) is 0 Å². The first-order valence-electron chi connectivity index (χ1n) is 7.16. The minimum absolute atomic E-state index is 0.189. The van der Waals surface area contributed by atoms with E-state index in [2.05, 4.69) is 20.6 Å². The minimum Gasteiger partial charge on any atom is -0.369 e. The molecule has 0 aliphatic carbocycles. The number of halogens is 1. The Morgan fingerprint density at radius 3 is 2.67 bits per heavy atom. The van der Waals surface area contributed by atoms with Crippen molar-refractivity contribution in [2.75, 3.05) is 23.7 Å². The number of rotatable bonds is 6. The normalized spacial score (nSPS) is 10.5. The zero-order valence-electron chi connectivity index (χ0n) is 12.7. The van der Waals surface area contributed by atoms with Crippen LogP contribution in [0.1, 0.15) is 23.6 Å². The molecule has 5 heteroatoms. The quantitative estimate of drug-likeness (QED) is 0.856. The van der Waals surface area contributed by atoms with Crippen molar-refractivity contribution >= 4 is 11.8 Å². The lowest BCUT2D eigenvalue weighted by Crippen LogP contribution is -2.11. The van der Waals surface area contributed by atoms with Crippen LogP contribution < -0.4 is 10.6 Å². The maximum absolute atomic E-state index is 13.1. The molecule has 21 heavy (non-hydrogen) atoms. The molecule has 1 aromatic heterocycles. The smallest absolute Gasteiger partial charge is 0.224 e. The van der Waals surface area contributed by atoms with Crippen molar-refractivity contribution in [1.82, 2.24) is 9.97 Å². The average Bonchev–Trinajstić information content (AvgIpc) is 2.45. The monoisotopic (exact) mass is 288 g/mol. The zero-order valence-corrected chi connectivity index (χ0v) is 12.7. The second-order valence-electron chi connectivity index (χ2n) is 5.00. The van der Waals surface area contributed by atoms with E-state index in [-0.39, 0.29) is 5.82 Å². The van der Waals surface area contributed by atoms with E-state index in [9.17, 15) is 4.39 Å². The highest BCUT2D eigenvalue weighted by Crippen LogP contribution is 2.14. The summed E-state index contributed by atoms with van der Waals surface area (Å²) in [4.78, 5) is 8.65. The fourth-order valence-electron chi connectivity index (χ4n) is 2.12. The Morgan fingerprint density at radius 1 is 1.14 bits per heavy atom. The predicted octanol–water partition coefficient (Wildman–Crippen LogP) is 3.32. The molecule has 0 bridgehead atoms. The van der Waals surface area contributed by atoms with Crippen LogP contribution in [-0.2, 0) is 6.42 Å². The number of aryl methyl sites for hydroxylation is 2. The van der Waals surface area contributed by atoms with Gasteiger partial charge in [0.1, 0.15) is 11.6 Å². The fraction of sp³-hybridized carbons (Fsp3) is 0.375. The highest BCUT2D eigenvalue weighted by Gasteiger charge is 2.04. The molecule has 0 saturated carbocycles. The summed E-state index contributed by atoms with van der Waals surface area (Å²) in [6.45, 7) is 7.44. The van der Waals surface area contributed by atoms with Gasteiger partial charge < -0.3 is 10.6 Å². The van der Waals surface area contributed by atoms with E-state index in [0.717, 1.165) is 42.0 Å². The van der Waals surface area contributed by atoms with Gasteiger partial charge in [-0.3, -0.25) is 0 Å². The van der Waals surface area contributed by atoms with E-state index in [1.807, 2.05) is 26.8 Å². The van der Waals surface area contributed by atoms with Crippen LogP contribution in [0.25, 0.3) is 0 Å². The first-order valence-corrected chi connectivity index (χ1v) is 7.16. The summed E-state index contributed by atoms with van der Waals surface area (Å²) in [6.07, 6.45) is 2.63. The van der Waals surface area contributed by atoms with E-state index in [0.29, 0.717) is 5.95 Å². The number of hydrogen-bond donors (Lipinski definition) is 2. The molecular formula is C16H21FN4. The minimum atomic E-state index is -0.189. The van der Waals surface area contributed by atoms with Gasteiger partial charge >= 0.3 is 0 Å². The number of nitrogens with one attached hydrogen (secondary N) is 2. The van der Waals surface area contributed by atoms with Gasteiger partial charge in [0.2, 0.25) is 5.95 Å². The van der Waals surface area contributed by atoms with Crippen molar-refractivity contribution in [2.45, 2.75) is 27.2 Å². The molecule has 2 rings (SSSR count). The molecule has 0 spiro atoms. The van der Waals surface area contributed by atoms with Gasteiger partial charge in [0.05, 0.1) is 0 Å². The Labute approximate surface area is 124 Å². The molecular weight excluding hydrogens is 267 g/mol. The Hall–Kier alpha value is -2.17. The number of aromatic nitrogens is 2. The van der Waals surface area contributed by atoms with Crippen molar-refractivity contribution < 1.29 is 4.39 Å². The molecule has 4 nitrogen and oxygen atoms in total. The number of hydrogen-bond acceptors (Lipinski definition) is 4. The SMILES string of the molecule is CCNc1ncc(C)c(NCCc2ccc(F)cc2C)n1. The molecule has 0 unspecified atom stereocenters. The maximum Gasteiger partial charge on any atom is 0.224 e. The second kappa shape index (κ2) is 7.02. The second-order valence-corrected chi connectivity index (χ2v) is 5.00. The van der Waals surface area contributed by atoms with Crippen molar-refractivity contribution in [3.8, 4) is 0 Å². The Kier molecular flexibility index (Phi) is 5.09. The van der Waals surface area contributed by atoms with E-state index in [4.69, 9.17) is 0 Å². The summed E-state index contributed by atoms with van der Waals surface area (Å²) in [6, 6.07) is 4.90. The first kappa shape index (κ1) is 15.2. The molecule has 0 aliphatic rings. The molecule has 0 atom stereocenters. The van der Waals surface area contributed by atoms with Crippen LogP contribution in [0.15, 0.2) is 24.4 Å². The van der Waals surface area contributed by atoms with Gasteiger partial charge in [0, 0.05) is 24.8 Å². The molecule has 2 N–H and O–H groups in total. The van der Waals surface area contributed by atoms with Gasteiger partial charge in [-0.15, -0.1) is 0 Å². The van der Waals surface area contributed by atoms with E-state index in [1.165, 1.54) is 6.07 Å². The van der Waals surface area contributed by atoms with Gasteiger partial charge in [-0.25, -0.2) is 9.37 Å². The van der Waals surface area contributed by atoms with Crippen LogP contribution in [0.2, 0.25) is 0 Å². The molecule has 0 saturated heterocycles. The highest BCUT2D eigenvalue weighted by atomic mass is 19.1. The Balaban J connectivity index is 1.98. The number of nitrogens with zero attached hydrogens (tertiary/aromatic N) is 2. The first-order chi connectivity index (χ1) is 10.1. The third kappa shape index (κ3) is 4.15. The van der Waals surface area contributed by atoms with E-state index in [1.54, 1.807) is 12.3 Å². The van der Waals surface area contributed by atoms with Crippen LogP contribution in [-0.4, -0.2) is 23.1 Å². The molecule has 0 amide bonds. The van der Waals surface area contributed by atoms with Gasteiger partial charge in [-0.05, 0) is 50.5 Å². The van der Waals surface area contributed by atoms with Gasteiger partial charge in [0.25, 0.3) is 0 Å². The van der Waals surface area contributed by atoms with Crippen molar-refractivity contribution in [3.05, 3.63) is 46.9 Å². The topological polar surface area (TPSA) is 49.8 Å². The van der Waals surface area contributed by atoms with Crippen LogP contribution in [0.3, 0.4) is 0 Å². The summed E-state index contributed by atoms with van der Waals surface area (Å²) in [5, 5.41) is 6.41. The lowest BCUT2D eigenvalue weighted by molar-refractivity contribution is 0.625. The standard InChI is InChI=1S/C16H21FN4/c1-4-18-16-20-10-12(3)15(21-16)19-8-7-13-5-6-14(17)9-11(13)2/h5-6,9-10H,4,7-8H2,1-3H3,(H2,18,19,20,21). The summed E-state index contributed by atoms with van der Waals surface area (Å²) < 4.78 is 13.1.